The first-order valence-electron chi connectivity index (χ1n) is 3.92. The van der Waals surface area contributed by atoms with Crippen LogP contribution in [0.1, 0.15) is 13.8 Å². The molecular weight excluding hydrogens is 210 g/mol. The summed E-state index contributed by atoms with van der Waals surface area (Å²) in [5, 5.41) is 18.1. The van der Waals surface area contributed by atoms with E-state index >= 15 is 0 Å². The second-order valence-electron chi connectivity index (χ2n) is 2.05. The third-order valence-electron chi connectivity index (χ3n) is 1.24. The summed E-state index contributed by atoms with van der Waals surface area (Å²) in [4.78, 5) is 0. The summed E-state index contributed by atoms with van der Waals surface area (Å²) in [7, 11) is -1.50. The zero-order valence-electron chi connectivity index (χ0n) is 7.46. The first-order chi connectivity index (χ1) is 6.11. The largest absolute Gasteiger partial charge is 0.488 e. The number of hydrogen-bond acceptors (Lipinski definition) is 2. The Morgan fingerprint density at radius 1 is 1.08 bits per heavy atom. The van der Waals surface area contributed by atoms with Gasteiger partial charge in [-0.25, -0.2) is 0 Å². The van der Waals surface area contributed by atoms with E-state index in [0.717, 1.165) is 0 Å². The second-order valence-corrected chi connectivity index (χ2v) is 2.86. The number of hydrogen-bond donors (Lipinski definition) is 2. The van der Waals surface area contributed by atoms with Crippen molar-refractivity contribution in [2.45, 2.75) is 13.8 Å². The van der Waals surface area contributed by atoms with Gasteiger partial charge < -0.3 is 10.0 Å². The van der Waals surface area contributed by atoms with Gasteiger partial charge >= 0.3 is 7.12 Å². The molecule has 0 aromatic heterocycles. The Bertz CT molecular complexity index is 266. The highest BCUT2D eigenvalue weighted by atomic mass is 35.5. The van der Waals surface area contributed by atoms with Crippen molar-refractivity contribution in [3.63, 3.8) is 0 Å². The van der Waals surface area contributed by atoms with Crippen LogP contribution in [0, 0.1) is 0 Å². The maximum atomic E-state index is 8.69. The van der Waals surface area contributed by atoms with E-state index in [2.05, 4.69) is 0 Å². The normalized spacial score (nSPS) is 8.77. The second kappa shape index (κ2) is 6.27. The molecule has 0 saturated carbocycles. The molecule has 0 heterocycles. The standard InChI is InChI=1S/C6H5BCl2O2.C2H6/c8-5-2-1-4(7(10)11)3-6(5)9;1-2/h1-3,10-11H;1-2H3. The Morgan fingerprint density at radius 2 is 1.62 bits per heavy atom. The van der Waals surface area contributed by atoms with E-state index in [0.29, 0.717) is 15.5 Å². The van der Waals surface area contributed by atoms with Gasteiger partial charge in [0.2, 0.25) is 0 Å². The number of rotatable bonds is 1. The summed E-state index contributed by atoms with van der Waals surface area (Å²) in [5.41, 5.74) is 0.333. The minimum atomic E-state index is -1.50. The fourth-order valence-corrected chi connectivity index (χ4v) is 0.980. The summed E-state index contributed by atoms with van der Waals surface area (Å²) < 4.78 is 0. The molecule has 2 N–H and O–H groups in total. The van der Waals surface area contributed by atoms with Crippen molar-refractivity contribution >= 4 is 35.8 Å². The van der Waals surface area contributed by atoms with Crippen LogP contribution in [-0.2, 0) is 0 Å². The van der Waals surface area contributed by atoms with E-state index in [1.165, 1.54) is 18.2 Å². The highest BCUT2D eigenvalue weighted by molar-refractivity contribution is 6.59. The van der Waals surface area contributed by atoms with Gasteiger partial charge in [-0.1, -0.05) is 43.1 Å². The van der Waals surface area contributed by atoms with Crippen LogP contribution in [0.5, 0.6) is 0 Å². The number of benzene rings is 1. The summed E-state index contributed by atoms with van der Waals surface area (Å²) >= 11 is 11.2. The Morgan fingerprint density at radius 3 is 2.00 bits per heavy atom. The molecule has 0 saturated heterocycles. The third kappa shape index (κ3) is 4.01. The van der Waals surface area contributed by atoms with Crippen molar-refractivity contribution in [2.75, 3.05) is 0 Å². The summed E-state index contributed by atoms with van der Waals surface area (Å²) in [6.45, 7) is 4.00. The van der Waals surface area contributed by atoms with Crippen molar-refractivity contribution in [1.29, 1.82) is 0 Å². The molecule has 0 aliphatic heterocycles. The minimum Gasteiger partial charge on any atom is -0.423 e. The lowest BCUT2D eigenvalue weighted by atomic mass is 9.80. The lowest BCUT2D eigenvalue weighted by molar-refractivity contribution is 0.426. The van der Waals surface area contributed by atoms with Crippen molar-refractivity contribution in [3.8, 4) is 0 Å². The smallest absolute Gasteiger partial charge is 0.423 e. The van der Waals surface area contributed by atoms with E-state index in [9.17, 15) is 0 Å². The van der Waals surface area contributed by atoms with Crippen molar-refractivity contribution in [3.05, 3.63) is 28.2 Å². The molecule has 0 spiro atoms. The maximum Gasteiger partial charge on any atom is 0.488 e. The van der Waals surface area contributed by atoms with Crippen LogP contribution in [0.4, 0.5) is 0 Å². The van der Waals surface area contributed by atoms with Gasteiger partial charge in [-0.15, -0.1) is 0 Å². The number of halogens is 2. The molecule has 0 aliphatic carbocycles. The van der Waals surface area contributed by atoms with E-state index in [1.54, 1.807) is 0 Å². The van der Waals surface area contributed by atoms with Crippen LogP contribution >= 0.6 is 23.2 Å². The molecule has 2 nitrogen and oxygen atoms in total. The Labute approximate surface area is 88.3 Å². The zero-order valence-corrected chi connectivity index (χ0v) is 8.97. The van der Waals surface area contributed by atoms with Crippen LogP contribution < -0.4 is 5.46 Å². The maximum absolute atomic E-state index is 8.69. The molecule has 0 atom stereocenters. The molecule has 0 bridgehead atoms. The highest BCUT2D eigenvalue weighted by Crippen LogP contribution is 2.18. The molecule has 1 rings (SSSR count). The average Bonchev–Trinajstić information content (AvgIpc) is 2.13. The lowest BCUT2D eigenvalue weighted by Crippen LogP contribution is -2.29. The van der Waals surface area contributed by atoms with Gasteiger partial charge in [-0.3, -0.25) is 0 Å². The monoisotopic (exact) mass is 220 g/mol. The van der Waals surface area contributed by atoms with Crippen LogP contribution in [-0.4, -0.2) is 17.2 Å². The van der Waals surface area contributed by atoms with Gasteiger partial charge in [0.15, 0.2) is 0 Å². The fourth-order valence-electron chi connectivity index (χ4n) is 0.673. The predicted molar refractivity (Wildman–Crippen MR) is 57.6 cm³/mol. The van der Waals surface area contributed by atoms with E-state index in [4.69, 9.17) is 33.2 Å². The van der Waals surface area contributed by atoms with Crippen LogP contribution in [0.3, 0.4) is 0 Å². The summed E-state index contributed by atoms with van der Waals surface area (Å²) in [6, 6.07) is 4.42. The molecule has 0 unspecified atom stereocenters. The molecule has 0 aliphatic rings. The van der Waals surface area contributed by atoms with Gasteiger partial charge in [-0.2, -0.15) is 0 Å². The Balaban J connectivity index is 0.000000671. The van der Waals surface area contributed by atoms with Crippen LogP contribution in [0.2, 0.25) is 10.0 Å². The minimum absolute atomic E-state index is 0.317. The Hall–Kier alpha value is -0.215. The van der Waals surface area contributed by atoms with Gasteiger partial charge in [0.1, 0.15) is 0 Å². The average molecular weight is 221 g/mol. The van der Waals surface area contributed by atoms with E-state index in [1.807, 2.05) is 13.8 Å². The molecule has 1 aromatic carbocycles. The predicted octanol–water partition coefficient (Wildman–Crippen LogP) is 1.70. The first-order valence-corrected chi connectivity index (χ1v) is 4.68. The van der Waals surface area contributed by atoms with Crippen molar-refractivity contribution in [2.24, 2.45) is 0 Å². The Kier molecular flexibility index (Phi) is 6.17. The third-order valence-corrected chi connectivity index (χ3v) is 1.98. The molecule has 0 radical (unpaired) electrons. The van der Waals surface area contributed by atoms with Crippen molar-refractivity contribution in [1.82, 2.24) is 0 Å². The lowest BCUT2D eigenvalue weighted by Gasteiger charge is -2.00. The molecule has 72 valence electrons. The van der Waals surface area contributed by atoms with Gasteiger partial charge in [0, 0.05) is 0 Å². The summed E-state index contributed by atoms with van der Waals surface area (Å²) in [6.07, 6.45) is 0. The van der Waals surface area contributed by atoms with Crippen LogP contribution in [0.15, 0.2) is 18.2 Å². The van der Waals surface area contributed by atoms with E-state index < -0.39 is 7.12 Å². The fraction of sp³-hybridized carbons (Fsp3) is 0.250. The zero-order chi connectivity index (χ0) is 10.4. The van der Waals surface area contributed by atoms with Crippen LogP contribution in [0.25, 0.3) is 0 Å². The SMILES string of the molecule is CC.OB(O)c1ccc(Cl)c(Cl)c1. The topological polar surface area (TPSA) is 40.5 Å². The van der Waals surface area contributed by atoms with Crippen molar-refractivity contribution < 1.29 is 10.0 Å². The van der Waals surface area contributed by atoms with Gasteiger partial charge in [-0.05, 0) is 17.6 Å². The summed E-state index contributed by atoms with van der Waals surface area (Å²) in [5.74, 6) is 0. The van der Waals surface area contributed by atoms with Gasteiger partial charge in [0.25, 0.3) is 0 Å². The highest BCUT2D eigenvalue weighted by Gasteiger charge is 2.11. The quantitative estimate of drug-likeness (QED) is 0.708. The van der Waals surface area contributed by atoms with E-state index in [-0.39, 0.29) is 0 Å². The molecule has 5 heteroatoms. The van der Waals surface area contributed by atoms with Gasteiger partial charge in [0.05, 0.1) is 10.0 Å². The molecule has 0 amide bonds. The molecule has 0 fully saturated rings. The molecule has 13 heavy (non-hydrogen) atoms. The first kappa shape index (κ1) is 12.8. The molecule has 1 aromatic rings. The molecular formula is C8H11BCl2O2.